The average molecular weight is 627 g/mol. The van der Waals surface area contributed by atoms with Gasteiger partial charge in [-0.25, -0.2) is 0 Å². The number of hydrogen-bond donors (Lipinski definition) is 2. The van der Waals surface area contributed by atoms with E-state index in [4.69, 9.17) is 9.47 Å². The fourth-order valence-corrected chi connectivity index (χ4v) is 5.75. The number of ether oxygens (including phenoxy) is 2. The molecule has 6 heteroatoms. The molecule has 0 aliphatic carbocycles. The molecule has 5 rings (SSSR count). The van der Waals surface area contributed by atoms with Crippen molar-refractivity contribution in [2.45, 2.75) is 44.2 Å². The number of methoxy groups -OCH3 is 1. The van der Waals surface area contributed by atoms with Crippen LogP contribution in [0.3, 0.4) is 0 Å². The van der Waals surface area contributed by atoms with Crippen molar-refractivity contribution in [1.29, 1.82) is 0 Å². The Morgan fingerprint density at radius 1 is 0.553 bits per heavy atom. The SMILES string of the molecule is CCCCCOc1cc(C(NC(=O)C(c2ccccc2)c2ccccc2)NC(=O)C(c2ccccc2)c2ccccc2)ccc1OC. The topological polar surface area (TPSA) is 76.7 Å². The first-order valence-electron chi connectivity index (χ1n) is 16.2. The Balaban J connectivity index is 1.53. The second-order valence-electron chi connectivity index (χ2n) is 11.4. The molecule has 0 aliphatic rings. The van der Waals surface area contributed by atoms with Gasteiger partial charge in [-0.1, -0.05) is 147 Å². The third-order valence-electron chi connectivity index (χ3n) is 8.16. The molecule has 0 saturated carbocycles. The maximum absolute atomic E-state index is 14.4. The van der Waals surface area contributed by atoms with E-state index < -0.39 is 18.0 Å². The van der Waals surface area contributed by atoms with Crippen LogP contribution >= 0.6 is 0 Å². The molecule has 0 heterocycles. The number of benzene rings is 5. The summed E-state index contributed by atoms with van der Waals surface area (Å²) in [5.74, 6) is -0.549. The first kappa shape index (κ1) is 33.0. The van der Waals surface area contributed by atoms with Gasteiger partial charge in [0.2, 0.25) is 11.8 Å². The first-order chi connectivity index (χ1) is 23.1. The molecule has 0 aliphatic heterocycles. The third kappa shape index (κ3) is 8.67. The Morgan fingerprint density at radius 3 is 1.36 bits per heavy atom. The molecule has 6 nitrogen and oxygen atoms in total. The van der Waals surface area contributed by atoms with Crippen molar-refractivity contribution in [3.8, 4) is 11.5 Å². The highest BCUT2D eigenvalue weighted by Gasteiger charge is 2.30. The summed E-state index contributed by atoms with van der Waals surface area (Å²) in [6.45, 7) is 2.68. The van der Waals surface area contributed by atoms with Crippen LogP contribution in [0.2, 0.25) is 0 Å². The van der Waals surface area contributed by atoms with Crippen LogP contribution in [-0.2, 0) is 9.59 Å². The maximum atomic E-state index is 14.4. The predicted molar refractivity (Wildman–Crippen MR) is 186 cm³/mol. The molecule has 2 N–H and O–H groups in total. The molecule has 0 saturated heterocycles. The number of amides is 2. The second-order valence-corrected chi connectivity index (χ2v) is 11.4. The second kappa shape index (κ2) is 16.8. The molecule has 47 heavy (non-hydrogen) atoms. The summed E-state index contributed by atoms with van der Waals surface area (Å²) in [5, 5.41) is 6.39. The highest BCUT2D eigenvalue weighted by Crippen LogP contribution is 2.32. The van der Waals surface area contributed by atoms with Gasteiger partial charge >= 0.3 is 0 Å². The Bertz CT molecular complexity index is 1520. The van der Waals surface area contributed by atoms with E-state index in [1.54, 1.807) is 7.11 Å². The zero-order valence-electron chi connectivity index (χ0n) is 27.0. The van der Waals surface area contributed by atoms with Gasteiger partial charge in [-0.3, -0.25) is 9.59 Å². The highest BCUT2D eigenvalue weighted by atomic mass is 16.5. The van der Waals surface area contributed by atoms with E-state index in [1.807, 2.05) is 140 Å². The lowest BCUT2D eigenvalue weighted by molar-refractivity contribution is -0.125. The highest BCUT2D eigenvalue weighted by molar-refractivity contribution is 5.90. The van der Waals surface area contributed by atoms with Gasteiger partial charge in [0.25, 0.3) is 0 Å². The maximum Gasteiger partial charge on any atom is 0.233 e. The van der Waals surface area contributed by atoms with E-state index in [2.05, 4.69) is 17.6 Å². The first-order valence-corrected chi connectivity index (χ1v) is 16.2. The molecule has 0 aromatic heterocycles. The minimum Gasteiger partial charge on any atom is -0.493 e. The molecule has 0 bridgehead atoms. The number of carbonyl (C=O) groups excluding carboxylic acids is 2. The molecule has 0 unspecified atom stereocenters. The van der Waals surface area contributed by atoms with Crippen LogP contribution in [0.5, 0.6) is 11.5 Å². The van der Waals surface area contributed by atoms with Gasteiger partial charge in [0.05, 0.1) is 25.6 Å². The number of nitrogens with one attached hydrogen (secondary N) is 2. The molecule has 240 valence electrons. The average Bonchev–Trinajstić information content (AvgIpc) is 3.12. The van der Waals surface area contributed by atoms with E-state index >= 15 is 0 Å². The van der Waals surface area contributed by atoms with Gasteiger partial charge < -0.3 is 20.1 Å². The molecule has 2 amide bonds. The molecular formula is C41H42N2O4. The van der Waals surface area contributed by atoms with Crippen LogP contribution in [0.15, 0.2) is 140 Å². The van der Waals surface area contributed by atoms with E-state index in [0.29, 0.717) is 23.7 Å². The van der Waals surface area contributed by atoms with Crippen molar-refractivity contribution >= 4 is 11.8 Å². The summed E-state index contributed by atoms with van der Waals surface area (Å²) in [7, 11) is 1.60. The zero-order valence-corrected chi connectivity index (χ0v) is 27.0. The van der Waals surface area contributed by atoms with Crippen LogP contribution < -0.4 is 20.1 Å². The van der Waals surface area contributed by atoms with Crippen molar-refractivity contribution in [3.05, 3.63) is 167 Å². The fraction of sp³-hybridized carbons (Fsp3) is 0.220. The third-order valence-corrected chi connectivity index (χ3v) is 8.16. The molecule has 0 spiro atoms. The molecule has 0 fully saturated rings. The molecule has 5 aromatic rings. The zero-order chi connectivity index (χ0) is 32.8. The largest absolute Gasteiger partial charge is 0.493 e. The summed E-state index contributed by atoms with van der Waals surface area (Å²) in [6.07, 6.45) is 2.17. The van der Waals surface area contributed by atoms with E-state index in [0.717, 1.165) is 41.5 Å². The quantitative estimate of drug-likeness (QED) is 0.0908. The van der Waals surface area contributed by atoms with E-state index in [-0.39, 0.29) is 11.8 Å². The number of carbonyl (C=O) groups is 2. The summed E-state index contributed by atoms with van der Waals surface area (Å²) < 4.78 is 11.8. The number of unbranched alkanes of at least 4 members (excludes halogenated alkanes) is 2. The Morgan fingerprint density at radius 2 is 0.979 bits per heavy atom. The minimum atomic E-state index is -0.872. The summed E-state index contributed by atoms with van der Waals surface area (Å²) in [4.78, 5) is 28.7. The lowest BCUT2D eigenvalue weighted by Gasteiger charge is -2.27. The van der Waals surface area contributed by atoms with Crippen LogP contribution in [-0.4, -0.2) is 25.5 Å². The fourth-order valence-electron chi connectivity index (χ4n) is 5.75. The van der Waals surface area contributed by atoms with E-state index in [1.165, 1.54) is 0 Å². The lowest BCUT2D eigenvalue weighted by atomic mass is 9.89. The van der Waals surface area contributed by atoms with Gasteiger partial charge in [-0.15, -0.1) is 0 Å². The Labute approximate surface area is 277 Å². The van der Waals surface area contributed by atoms with Crippen LogP contribution in [0.25, 0.3) is 0 Å². The van der Waals surface area contributed by atoms with Gasteiger partial charge in [0.15, 0.2) is 11.5 Å². The van der Waals surface area contributed by atoms with Crippen LogP contribution in [0.1, 0.15) is 72.0 Å². The Kier molecular flexibility index (Phi) is 11.8. The van der Waals surface area contributed by atoms with Crippen molar-refractivity contribution in [2.75, 3.05) is 13.7 Å². The monoisotopic (exact) mass is 626 g/mol. The lowest BCUT2D eigenvalue weighted by Crippen LogP contribution is -2.44. The van der Waals surface area contributed by atoms with Crippen molar-refractivity contribution in [1.82, 2.24) is 10.6 Å². The summed E-state index contributed by atoms with van der Waals surface area (Å²) in [5.41, 5.74) is 4.06. The van der Waals surface area contributed by atoms with Gasteiger partial charge in [0, 0.05) is 0 Å². The standard InChI is InChI=1S/C41H42N2O4/c1-3-4-17-28-47-36-29-34(26-27-35(36)46-2)39(42-40(44)37(30-18-9-5-10-19-30)31-20-11-6-12-21-31)43-41(45)38(32-22-13-7-14-23-32)33-24-15-8-16-25-33/h5-16,18-27,29,37-39H,3-4,17,28H2,1-2H3,(H,42,44)(H,43,45). The number of hydrogen-bond acceptors (Lipinski definition) is 4. The number of rotatable bonds is 15. The van der Waals surface area contributed by atoms with Crippen molar-refractivity contribution in [2.24, 2.45) is 0 Å². The summed E-state index contributed by atoms with van der Waals surface area (Å²) >= 11 is 0. The van der Waals surface area contributed by atoms with Crippen molar-refractivity contribution < 1.29 is 19.1 Å². The van der Waals surface area contributed by atoms with Gasteiger partial charge in [-0.05, 0) is 46.4 Å². The molecule has 5 aromatic carbocycles. The normalized spacial score (nSPS) is 11.0. The predicted octanol–water partition coefficient (Wildman–Crippen LogP) is 8.16. The van der Waals surface area contributed by atoms with Gasteiger partial charge in [0.1, 0.15) is 6.17 Å². The van der Waals surface area contributed by atoms with Crippen molar-refractivity contribution in [3.63, 3.8) is 0 Å². The van der Waals surface area contributed by atoms with Gasteiger partial charge in [-0.2, -0.15) is 0 Å². The minimum absolute atomic E-state index is 0.245. The molecular weight excluding hydrogens is 584 g/mol. The van der Waals surface area contributed by atoms with E-state index in [9.17, 15) is 9.59 Å². The van der Waals surface area contributed by atoms with Crippen LogP contribution in [0.4, 0.5) is 0 Å². The van der Waals surface area contributed by atoms with Crippen LogP contribution in [0, 0.1) is 0 Å². The molecule has 0 atom stereocenters. The smallest absolute Gasteiger partial charge is 0.233 e. The molecule has 0 radical (unpaired) electrons. The summed E-state index contributed by atoms with van der Waals surface area (Å²) in [6, 6.07) is 44.2. The Hall–Kier alpha value is -5.36.